The molecule has 3 rings (SSSR count). The second-order valence-electron chi connectivity index (χ2n) is 5.44. The average Bonchev–Trinajstić information content (AvgIpc) is 2.53. The summed E-state index contributed by atoms with van der Waals surface area (Å²) >= 11 is 0. The van der Waals surface area contributed by atoms with Crippen LogP contribution in [0.5, 0.6) is 0 Å². The van der Waals surface area contributed by atoms with Gasteiger partial charge in [0, 0.05) is 17.1 Å². The zero-order valence-electron chi connectivity index (χ0n) is 12.5. The second kappa shape index (κ2) is 6.06. The van der Waals surface area contributed by atoms with E-state index in [0.717, 1.165) is 17.6 Å². The number of benzene rings is 2. The zero-order valence-corrected chi connectivity index (χ0v) is 12.5. The largest absolute Gasteiger partial charge is 0.313 e. The van der Waals surface area contributed by atoms with Crippen LogP contribution in [-0.2, 0) is 6.42 Å². The standard InChI is InChI=1S/C19H20N2/c1-14-8-9-16-13-17(10-11-18(16)21-14)19(20-2)12-15-6-4-3-5-7-15/h3-11,13,19-20H,12H2,1-2H3. The van der Waals surface area contributed by atoms with E-state index in [-0.39, 0.29) is 0 Å². The monoisotopic (exact) mass is 276 g/mol. The van der Waals surface area contributed by atoms with Crippen LogP contribution >= 0.6 is 0 Å². The number of nitrogens with zero attached hydrogens (tertiary/aromatic N) is 1. The first-order valence-corrected chi connectivity index (χ1v) is 7.35. The molecule has 1 heterocycles. The molecule has 1 N–H and O–H groups in total. The Bertz CT molecular complexity index is 735. The van der Waals surface area contributed by atoms with Crippen LogP contribution in [0.3, 0.4) is 0 Å². The Morgan fingerprint density at radius 3 is 2.57 bits per heavy atom. The molecule has 1 atom stereocenters. The first-order valence-electron chi connectivity index (χ1n) is 7.35. The predicted molar refractivity (Wildman–Crippen MR) is 88.4 cm³/mol. The lowest BCUT2D eigenvalue weighted by atomic mass is 9.97. The number of aromatic nitrogens is 1. The first kappa shape index (κ1) is 13.8. The minimum Gasteiger partial charge on any atom is -0.313 e. The third-order valence-electron chi connectivity index (χ3n) is 3.89. The number of hydrogen-bond acceptors (Lipinski definition) is 2. The van der Waals surface area contributed by atoms with E-state index >= 15 is 0 Å². The lowest BCUT2D eigenvalue weighted by molar-refractivity contribution is 0.592. The first-order chi connectivity index (χ1) is 10.3. The van der Waals surface area contributed by atoms with Gasteiger partial charge in [-0.2, -0.15) is 0 Å². The fraction of sp³-hybridized carbons (Fsp3) is 0.211. The number of hydrogen-bond donors (Lipinski definition) is 1. The van der Waals surface area contributed by atoms with Crippen molar-refractivity contribution in [3.05, 3.63) is 77.5 Å². The van der Waals surface area contributed by atoms with Gasteiger partial charge in [-0.3, -0.25) is 4.98 Å². The summed E-state index contributed by atoms with van der Waals surface area (Å²) in [5.41, 5.74) is 4.77. The minimum atomic E-state index is 0.318. The maximum absolute atomic E-state index is 4.57. The molecule has 0 aliphatic carbocycles. The Kier molecular flexibility index (Phi) is 3.98. The highest BCUT2D eigenvalue weighted by atomic mass is 14.9. The van der Waals surface area contributed by atoms with Crippen molar-refractivity contribution in [3.8, 4) is 0 Å². The van der Waals surface area contributed by atoms with E-state index in [9.17, 15) is 0 Å². The van der Waals surface area contributed by atoms with E-state index in [2.05, 4.69) is 71.0 Å². The molecule has 2 aromatic carbocycles. The van der Waals surface area contributed by atoms with E-state index < -0.39 is 0 Å². The molecule has 3 aromatic rings. The number of pyridine rings is 1. The third kappa shape index (κ3) is 3.11. The highest BCUT2D eigenvalue weighted by Crippen LogP contribution is 2.22. The number of fused-ring (bicyclic) bond motifs is 1. The average molecular weight is 276 g/mol. The van der Waals surface area contributed by atoms with Crippen LogP contribution in [0.4, 0.5) is 0 Å². The lowest BCUT2D eigenvalue weighted by Gasteiger charge is -2.17. The second-order valence-corrected chi connectivity index (χ2v) is 5.44. The SMILES string of the molecule is CNC(Cc1ccccc1)c1ccc2nc(C)ccc2c1. The van der Waals surface area contributed by atoms with Crippen LogP contribution in [0, 0.1) is 6.92 Å². The third-order valence-corrected chi connectivity index (χ3v) is 3.89. The van der Waals surface area contributed by atoms with Crippen LogP contribution in [0.15, 0.2) is 60.7 Å². The van der Waals surface area contributed by atoms with Gasteiger partial charge in [0.15, 0.2) is 0 Å². The molecule has 1 aromatic heterocycles. The van der Waals surface area contributed by atoms with Gasteiger partial charge in [0.2, 0.25) is 0 Å². The Labute approximate surface area is 125 Å². The number of aryl methyl sites for hydroxylation is 1. The molecule has 0 saturated heterocycles. The van der Waals surface area contributed by atoms with E-state index in [0.29, 0.717) is 6.04 Å². The van der Waals surface area contributed by atoms with Crippen molar-refractivity contribution in [1.29, 1.82) is 0 Å². The Balaban J connectivity index is 1.91. The van der Waals surface area contributed by atoms with Gasteiger partial charge in [0.25, 0.3) is 0 Å². The molecule has 0 fully saturated rings. The summed E-state index contributed by atoms with van der Waals surface area (Å²) in [6.45, 7) is 2.03. The summed E-state index contributed by atoms with van der Waals surface area (Å²) in [5.74, 6) is 0. The number of rotatable bonds is 4. The van der Waals surface area contributed by atoms with E-state index in [4.69, 9.17) is 0 Å². The summed E-state index contributed by atoms with van der Waals surface area (Å²) in [6.07, 6.45) is 0.988. The molecule has 0 spiro atoms. The maximum atomic E-state index is 4.57. The fourth-order valence-electron chi connectivity index (χ4n) is 2.70. The molecule has 0 aliphatic rings. The highest BCUT2D eigenvalue weighted by molar-refractivity contribution is 5.79. The van der Waals surface area contributed by atoms with Crippen molar-refractivity contribution in [2.24, 2.45) is 0 Å². The molecule has 21 heavy (non-hydrogen) atoms. The van der Waals surface area contributed by atoms with E-state index in [1.54, 1.807) is 0 Å². The quantitative estimate of drug-likeness (QED) is 0.777. The Hall–Kier alpha value is -2.19. The van der Waals surface area contributed by atoms with Gasteiger partial charge in [-0.25, -0.2) is 0 Å². The van der Waals surface area contributed by atoms with Crippen LogP contribution in [-0.4, -0.2) is 12.0 Å². The topological polar surface area (TPSA) is 24.9 Å². The Morgan fingerprint density at radius 1 is 1.00 bits per heavy atom. The molecular weight excluding hydrogens is 256 g/mol. The van der Waals surface area contributed by atoms with Gasteiger partial charge < -0.3 is 5.32 Å². The van der Waals surface area contributed by atoms with E-state index in [1.165, 1.54) is 16.5 Å². The summed E-state index contributed by atoms with van der Waals surface area (Å²) < 4.78 is 0. The molecule has 0 radical (unpaired) electrons. The zero-order chi connectivity index (χ0) is 14.7. The summed E-state index contributed by atoms with van der Waals surface area (Å²) in [4.78, 5) is 4.57. The molecule has 2 nitrogen and oxygen atoms in total. The fourth-order valence-corrected chi connectivity index (χ4v) is 2.70. The lowest BCUT2D eigenvalue weighted by Crippen LogP contribution is -2.18. The molecule has 0 aliphatic heterocycles. The Morgan fingerprint density at radius 2 is 1.81 bits per heavy atom. The van der Waals surface area contributed by atoms with Crippen LogP contribution < -0.4 is 5.32 Å². The predicted octanol–water partition coefficient (Wildman–Crippen LogP) is 4.05. The van der Waals surface area contributed by atoms with Crippen molar-refractivity contribution >= 4 is 10.9 Å². The van der Waals surface area contributed by atoms with Crippen molar-refractivity contribution in [3.63, 3.8) is 0 Å². The summed E-state index contributed by atoms with van der Waals surface area (Å²) in [7, 11) is 2.02. The number of likely N-dealkylation sites (N-methyl/N-ethyl adjacent to an activating group) is 1. The summed E-state index contributed by atoms with van der Waals surface area (Å²) in [6, 6.07) is 21.7. The minimum absolute atomic E-state index is 0.318. The number of nitrogens with one attached hydrogen (secondary N) is 1. The highest BCUT2D eigenvalue weighted by Gasteiger charge is 2.10. The van der Waals surface area contributed by atoms with Gasteiger partial charge in [-0.05, 0) is 49.7 Å². The van der Waals surface area contributed by atoms with Gasteiger partial charge in [-0.15, -0.1) is 0 Å². The van der Waals surface area contributed by atoms with Crippen LogP contribution in [0.25, 0.3) is 10.9 Å². The molecule has 106 valence electrons. The van der Waals surface area contributed by atoms with E-state index in [1.807, 2.05) is 14.0 Å². The molecule has 0 amide bonds. The smallest absolute Gasteiger partial charge is 0.0705 e. The van der Waals surface area contributed by atoms with Gasteiger partial charge in [0.1, 0.15) is 0 Å². The van der Waals surface area contributed by atoms with Crippen molar-refractivity contribution in [2.45, 2.75) is 19.4 Å². The molecule has 0 saturated carbocycles. The van der Waals surface area contributed by atoms with Gasteiger partial charge in [-0.1, -0.05) is 42.5 Å². The van der Waals surface area contributed by atoms with Crippen molar-refractivity contribution in [1.82, 2.24) is 10.3 Å². The van der Waals surface area contributed by atoms with Gasteiger partial charge >= 0.3 is 0 Å². The maximum Gasteiger partial charge on any atom is 0.0705 e. The van der Waals surface area contributed by atoms with Crippen LogP contribution in [0.1, 0.15) is 22.9 Å². The normalized spacial score (nSPS) is 12.5. The molecular formula is C19H20N2. The van der Waals surface area contributed by atoms with Crippen LogP contribution in [0.2, 0.25) is 0 Å². The molecule has 2 heteroatoms. The van der Waals surface area contributed by atoms with Crippen molar-refractivity contribution in [2.75, 3.05) is 7.05 Å². The summed E-state index contributed by atoms with van der Waals surface area (Å²) in [5, 5.41) is 4.62. The molecule has 1 unspecified atom stereocenters. The van der Waals surface area contributed by atoms with Gasteiger partial charge in [0.05, 0.1) is 5.52 Å². The van der Waals surface area contributed by atoms with Crippen molar-refractivity contribution < 1.29 is 0 Å². The molecule has 0 bridgehead atoms.